The van der Waals surface area contributed by atoms with E-state index in [-0.39, 0.29) is 18.4 Å². The Labute approximate surface area is 125 Å². The van der Waals surface area contributed by atoms with Crippen LogP contribution in [0.5, 0.6) is 5.75 Å². The Hall–Kier alpha value is -2.04. The number of likely N-dealkylation sites (N-methyl/N-ethyl adjacent to an activating group) is 1. The van der Waals surface area contributed by atoms with Crippen molar-refractivity contribution in [2.75, 3.05) is 27.2 Å². The zero-order chi connectivity index (χ0) is 15.2. The summed E-state index contributed by atoms with van der Waals surface area (Å²) < 4.78 is 5.29. The number of likely N-dealkylation sites (tertiary alicyclic amines) is 1. The van der Waals surface area contributed by atoms with Gasteiger partial charge in [-0.25, -0.2) is 0 Å². The van der Waals surface area contributed by atoms with Crippen LogP contribution in [0.4, 0.5) is 0 Å². The minimum Gasteiger partial charge on any atom is -0.496 e. The molecule has 1 aliphatic heterocycles. The lowest BCUT2D eigenvalue weighted by Gasteiger charge is -2.28. The van der Waals surface area contributed by atoms with Crippen LogP contribution in [0.2, 0.25) is 0 Å². The summed E-state index contributed by atoms with van der Waals surface area (Å²) in [5.74, 6) is 0.808. The Bertz CT molecular complexity index is 516. The topological polar surface area (TPSA) is 49.9 Å². The van der Waals surface area contributed by atoms with E-state index in [1.54, 1.807) is 24.0 Å². The average Bonchev–Trinajstić information content (AvgIpc) is 2.50. The van der Waals surface area contributed by atoms with Crippen molar-refractivity contribution < 1.29 is 14.3 Å². The molecule has 0 unspecified atom stereocenters. The molecule has 1 aromatic carbocycles. The third-order valence-corrected chi connectivity index (χ3v) is 3.77. The lowest BCUT2D eigenvalue weighted by Crippen LogP contribution is -2.43. The Balaban J connectivity index is 1.94. The van der Waals surface area contributed by atoms with Crippen LogP contribution in [0.25, 0.3) is 0 Å². The van der Waals surface area contributed by atoms with E-state index in [2.05, 4.69) is 0 Å². The molecule has 0 aromatic heterocycles. The molecular formula is C16H22N2O3. The van der Waals surface area contributed by atoms with Crippen LogP contribution in [0.1, 0.15) is 24.8 Å². The third-order valence-electron chi connectivity index (χ3n) is 3.77. The highest BCUT2D eigenvalue weighted by molar-refractivity contribution is 5.85. The van der Waals surface area contributed by atoms with Crippen LogP contribution >= 0.6 is 0 Å². The number of methoxy groups -OCH3 is 1. The summed E-state index contributed by atoms with van der Waals surface area (Å²) in [4.78, 5) is 27.3. The molecule has 1 saturated heterocycles. The van der Waals surface area contributed by atoms with Gasteiger partial charge in [0.15, 0.2) is 0 Å². The van der Waals surface area contributed by atoms with E-state index in [1.165, 1.54) is 0 Å². The van der Waals surface area contributed by atoms with Crippen LogP contribution in [0.3, 0.4) is 0 Å². The fraction of sp³-hybridized carbons (Fsp3) is 0.500. The lowest BCUT2D eigenvalue weighted by atomic mass is 10.1. The highest BCUT2D eigenvalue weighted by Gasteiger charge is 2.22. The van der Waals surface area contributed by atoms with Gasteiger partial charge in [0, 0.05) is 32.1 Å². The van der Waals surface area contributed by atoms with Gasteiger partial charge in [-0.2, -0.15) is 0 Å². The third kappa shape index (κ3) is 3.97. The Kier molecular flexibility index (Phi) is 5.20. The summed E-state index contributed by atoms with van der Waals surface area (Å²) in [7, 11) is 3.37. The van der Waals surface area contributed by atoms with Gasteiger partial charge in [-0.05, 0) is 18.9 Å². The van der Waals surface area contributed by atoms with E-state index in [9.17, 15) is 9.59 Å². The monoisotopic (exact) mass is 290 g/mol. The summed E-state index contributed by atoms with van der Waals surface area (Å²) in [6, 6.07) is 7.64. The summed E-state index contributed by atoms with van der Waals surface area (Å²) in [5.41, 5.74) is 0.959. The maximum Gasteiger partial charge on any atom is 0.242 e. The average molecular weight is 290 g/mol. The van der Waals surface area contributed by atoms with Crippen LogP contribution in [0, 0.1) is 0 Å². The van der Waals surface area contributed by atoms with E-state index in [1.807, 2.05) is 24.3 Å². The highest BCUT2D eigenvalue weighted by atomic mass is 16.5. The molecule has 2 rings (SSSR count). The number of piperidine rings is 1. The number of rotatable bonds is 5. The number of nitrogens with zero attached hydrogens (tertiary/aromatic N) is 2. The number of para-hydroxylation sites is 1. The van der Waals surface area contributed by atoms with Crippen LogP contribution in [0.15, 0.2) is 24.3 Å². The second kappa shape index (κ2) is 7.11. The molecule has 0 spiro atoms. The van der Waals surface area contributed by atoms with Crippen molar-refractivity contribution in [1.82, 2.24) is 9.80 Å². The maximum atomic E-state index is 12.3. The van der Waals surface area contributed by atoms with Gasteiger partial charge in [0.05, 0.1) is 13.7 Å². The summed E-state index contributed by atoms with van der Waals surface area (Å²) in [5, 5.41) is 0. The Morgan fingerprint density at radius 1 is 1.33 bits per heavy atom. The Morgan fingerprint density at radius 2 is 2.10 bits per heavy atom. The number of hydrogen-bond acceptors (Lipinski definition) is 3. The molecule has 5 heteroatoms. The second-order valence-electron chi connectivity index (χ2n) is 5.33. The Morgan fingerprint density at radius 3 is 2.81 bits per heavy atom. The zero-order valence-electron chi connectivity index (χ0n) is 12.7. The zero-order valence-corrected chi connectivity index (χ0v) is 12.7. The van der Waals surface area contributed by atoms with Crippen molar-refractivity contribution in [3.05, 3.63) is 29.8 Å². The molecule has 0 aliphatic carbocycles. The molecule has 1 aromatic rings. The molecule has 0 radical (unpaired) electrons. The lowest BCUT2D eigenvalue weighted by molar-refractivity contribution is -0.141. The smallest absolute Gasteiger partial charge is 0.242 e. The van der Waals surface area contributed by atoms with E-state index in [0.717, 1.165) is 24.2 Å². The molecule has 2 amide bonds. The normalized spacial score (nSPS) is 15.0. The molecule has 1 fully saturated rings. The molecule has 0 N–H and O–H groups in total. The van der Waals surface area contributed by atoms with Crippen LogP contribution in [-0.4, -0.2) is 48.9 Å². The first-order valence-corrected chi connectivity index (χ1v) is 7.25. The molecule has 0 atom stereocenters. The summed E-state index contributed by atoms with van der Waals surface area (Å²) in [6.07, 6.45) is 2.47. The van der Waals surface area contributed by atoms with E-state index in [0.29, 0.717) is 19.5 Å². The van der Waals surface area contributed by atoms with E-state index in [4.69, 9.17) is 4.74 Å². The molecule has 114 valence electrons. The number of carbonyl (C=O) groups excluding carboxylic acids is 2. The molecule has 0 saturated carbocycles. The number of hydrogen-bond donors (Lipinski definition) is 0. The SMILES string of the molecule is COc1ccccc1CN(C)C(=O)CN1CCCCC1=O. The fourth-order valence-corrected chi connectivity index (χ4v) is 2.49. The number of amides is 2. The van der Waals surface area contributed by atoms with Crippen molar-refractivity contribution >= 4 is 11.8 Å². The van der Waals surface area contributed by atoms with Gasteiger partial charge in [0.1, 0.15) is 5.75 Å². The van der Waals surface area contributed by atoms with Crippen molar-refractivity contribution in [3.63, 3.8) is 0 Å². The minimum absolute atomic E-state index is 0.0452. The van der Waals surface area contributed by atoms with Gasteiger partial charge in [0.2, 0.25) is 11.8 Å². The van der Waals surface area contributed by atoms with Gasteiger partial charge < -0.3 is 14.5 Å². The van der Waals surface area contributed by atoms with Gasteiger partial charge in [-0.1, -0.05) is 18.2 Å². The van der Waals surface area contributed by atoms with Crippen molar-refractivity contribution in [2.24, 2.45) is 0 Å². The maximum absolute atomic E-state index is 12.3. The molecule has 1 aliphatic rings. The largest absolute Gasteiger partial charge is 0.496 e. The van der Waals surface area contributed by atoms with Crippen molar-refractivity contribution in [1.29, 1.82) is 0 Å². The number of carbonyl (C=O) groups is 2. The van der Waals surface area contributed by atoms with Crippen molar-refractivity contribution in [3.8, 4) is 5.75 Å². The first-order chi connectivity index (χ1) is 10.1. The molecule has 21 heavy (non-hydrogen) atoms. The summed E-state index contributed by atoms with van der Waals surface area (Å²) in [6.45, 7) is 1.34. The minimum atomic E-state index is -0.0452. The standard InChI is InChI=1S/C16H22N2O3/c1-17(11-13-7-3-4-8-14(13)21-2)16(20)12-18-10-6-5-9-15(18)19/h3-4,7-8H,5-6,9-12H2,1-2H3. The van der Waals surface area contributed by atoms with Crippen LogP contribution in [-0.2, 0) is 16.1 Å². The molecular weight excluding hydrogens is 268 g/mol. The number of benzene rings is 1. The van der Waals surface area contributed by atoms with Gasteiger partial charge in [-0.3, -0.25) is 9.59 Å². The van der Waals surface area contributed by atoms with Gasteiger partial charge >= 0.3 is 0 Å². The molecule has 1 heterocycles. The first kappa shape index (κ1) is 15.4. The summed E-state index contributed by atoms with van der Waals surface area (Å²) >= 11 is 0. The number of ether oxygens (including phenoxy) is 1. The van der Waals surface area contributed by atoms with Crippen LogP contribution < -0.4 is 4.74 Å². The highest BCUT2D eigenvalue weighted by Crippen LogP contribution is 2.19. The predicted molar refractivity (Wildman–Crippen MR) is 79.9 cm³/mol. The fourth-order valence-electron chi connectivity index (χ4n) is 2.49. The molecule has 0 bridgehead atoms. The molecule has 5 nitrogen and oxygen atoms in total. The van der Waals surface area contributed by atoms with E-state index >= 15 is 0 Å². The van der Waals surface area contributed by atoms with E-state index < -0.39 is 0 Å². The predicted octanol–water partition coefficient (Wildman–Crippen LogP) is 1.67. The van der Waals surface area contributed by atoms with Gasteiger partial charge in [-0.15, -0.1) is 0 Å². The van der Waals surface area contributed by atoms with Gasteiger partial charge in [0.25, 0.3) is 0 Å². The first-order valence-electron chi connectivity index (χ1n) is 7.25. The van der Waals surface area contributed by atoms with Crippen molar-refractivity contribution in [2.45, 2.75) is 25.8 Å². The quantitative estimate of drug-likeness (QED) is 0.829. The second-order valence-corrected chi connectivity index (χ2v) is 5.33.